The first kappa shape index (κ1) is 27.0. The molecule has 2 aromatic carbocycles. The minimum atomic E-state index is -0.858. The van der Waals surface area contributed by atoms with Gasteiger partial charge in [0.2, 0.25) is 0 Å². The first-order valence-electron chi connectivity index (χ1n) is 11.8. The molecule has 0 spiro atoms. The minimum Gasteiger partial charge on any atom is -0.493 e. The number of methoxy groups -OCH3 is 1. The fourth-order valence-electron chi connectivity index (χ4n) is 4.15. The van der Waals surface area contributed by atoms with Crippen molar-refractivity contribution in [3.63, 3.8) is 0 Å². The van der Waals surface area contributed by atoms with E-state index in [0.717, 1.165) is 11.0 Å². The SMILES string of the molecule is COc1cc(/C=C(\C#N)C(=O)N2CCOCC2)ccc1OC(=O)CCN1C(=O)c2cccc([N+](=O)[O-])c2C1=O. The van der Waals surface area contributed by atoms with Crippen LogP contribution in [0.5, 0.6) is 11.5 Å². The molecule has 3 amide bonds. The molecule has 0 saturated carbocycles. The Morgan fingerprint density at radius 1 is 1.15 bits per heavy atom. The second-order valence-electron chi connectivity index (χ2n) is 8.43. The lowest BCUT2D eigenvalue weighted by atomic mass is 10.1. The number of morpholine rings is 1. The van der Waals surface area contributed by atoms with Crippen LogP contribution in [-0.2, 0) is 14.3 Å². The van der Waals surface area contributed by atoms with Crippen LogP contribution in [0.15, 0.2) is 42.0 Å². The second kappa shape index (κ2) is 11.5. The van der Waals surface area contributed by atoms with E-state index >= 15 is 0 Å². The Labute approximate surface area is 221 Å². The fraction of sp³-hybridized carbons (Fsp3) is 0.269. The molecule has 0 aromatic heterocycles. The Bertz CT molecular complexity index is 1440. The molecule has 4 rings (SSSR count). The summed E-state index contributed by atoms with van der Waals surface area (Å²) in [7, 11) is 1.34. The van der Waals surface area contributed by atoms with Crippen LogP contribution in [0.3, 0.4) is 0 Å². The van der Waals surface area contributed by atoms with Crippen LogP contribution in [0.25, 0.3) is 6.08 Å². The van der Waals surface area contributed by atoms with Gasteiger partial charge in [0, 0.05) is 25.7 Å². The van der Waals surface area contributed by atoms with Gasteiger partial charge in [-0.15, -0.1) is 0 Å². The van der Waals surface area contributed by atoms with E-state index in [0.29, 0.717) is 31.9 Å². The fourth-order valence-corrected chi connectivity index (χ4v) is 4.15. The van der Waals surface area contributed by atoms with E-state index in [2.05, 4.69) is 0 Å². The van der Waals surface area contributed by atoms with Crippen molar-refractivity contribution < 1.29 is 38.3 Å². The summed E-state index contributed by atoms with van der Waals surface area (Å²) in [6.07, 6.45) is 1.02. The zero-order valence-electron chi connectivity index (χ0n) is 20.7. The van der Waals surface area contributed by atoms with E-state index < -0.39 is 34.3 Å². The number of carbonyl (C=O) groups excluding carboxylic acids is 4. The number of nitrogens with zero attached hydrogens (tertiary/aromatic N) is 4. The summed E-state index contributed by atoms with van der Waals surface area (Å²) in [6, 6.07) is 10.1. The first-order chi connectivity index (χ1) is 18.7. The van der Waals surface area contributed by atoms with E-state index in [4.69, 9.17) is 14.2 Å². The highest BCUT2D eigenvalue weighted by atomic mass is 16.6. The number of fused-ring (bicyclic) bond motifs is 1. The zero-order chi connectivity index (χ0) is 28.1. The Kier molecular flexibility index (Phi) is 7.97. The second-order valence-corrected chi connectivity index (χ2v) is 8.43. The van der Waals surface area contributed by atoms with Gasteiger partial charge in [0.25, 0.3) is 23.4 Å². The number of carbonyl (C=O) groups is 4. The van der Waals surface area contributed by atoms with E-state index in [-0.39, 0.29) is 41.2 Å². The summed E-state index contributed by atoms with van der Waals surface area (Å²) in [6.45, 7) is 1.21. The highest BCUT2D eigenvalue weighted by Crippen LogP contribution is 2.32. The van der Waals surface area contributed by atoms with Crippen LogP contribution >= 0.6 is 0 Å². The molecule has 13 nitrogen and oxygen atoms in total. The standard InChI is InChI=1S/C26H22N4O9/c1-37-21-14-16(13-17(15-27)24(32)28-9-11-38-12-10-28)5-6-20(21)39-22(31)7-8-29-25(33)18-3-2-4-19(30(35)36)23(18)26(29)34/h2-6,13-14H,7-12H2,1H3/b17-13+. The van der Waals surface area contributed by atoms with Gasteiger partial charge in [-0.3, -0.25) is 34.2 Å². The number of esters is 1. The van der Waals surface area contributed by atoms with Crippen molar-refractivity contribution in [3.05, 3.63) is 68.8 Å². The highest BCUT2D eigenvalue weighted by Gasteiger charge is 2.40. The largest absolute Gasteiger partial charge is 0.493 e. The van der Waals surface area contributed by atoms with Gasteiger partial charge in [-0.25, -0.2) is 0 Å². The zero-order valence-corrected chi connectivity index (χ0v) is 20.7. The van der Waals surface area contributed by atoms with Gasteiger partial charge >= 0.3 is 5.97 Å². The van der Waals surface area contributed by atoms with E-state index in [1.165, 1.54) is 48.4 Å². The molecule has 0 atom stereocenters. The minimum absolute atomic E-state index is 0.0377. The van der Waals surface area contributed by atoms with Crippen LogP contribution in [0.4, 0.5) is 5.69 Å². The summed E-state index contributed by atoms with van der Waals surface area (Å²) < 4.78 is 15.9. The molecule has 2 aliphatic rings. The molecular formula is C26H22N4O9. The molecule has 0 radical (unpaired) electrons. The molecule has 1 saturated heterocycles. The lowest BCUT2D eigenvalue weighted by Crippen LogP contribution is -2.41. The van der Waals surface area contributed by atoms with Gasteiger partial charge in [-0.2, -0.15) is 5.26 Å². The number of imide groups is 1. The quantitative estimate of drug-likeness (QED) is 0.0928. The monoisotopic (exact) mass is 534 g/mol. The van der Waals surface area contributed by atoms with Gasteiger partial charge in [-0.05, 0) is 29.8 Å². The van der Waals surface area contributed by atoms with Crippen molar-refractivity contribution in [1.82, 2.24) is 9.80 Å². The van der Waals surface area contributed by atoms with Crippen LogP contribution in [-0.4, -0.2) is 78.4 Å². The van der Waals surface area contributed by atoms with Crippen LogP contribution in [0, 0.1) is 21.4 Å². The number of nitriles is 1. The average molecular weight is 534 g/mol. The van der Waals surface area contributed by atoms with Gasteiger partial charge in [0.05, 0.1) is 37.2 Å². The maximum Gasteiger partial charge on any atom is 0.313 e. The summed E-state index contributed by atoms with van der Waals surface area (Å²) in [5.41, 5.74) is -0.518. The first-order valence-corrected chi connectivity index (χ1v) is 11.8. The number of ether oxygens (including phenoxy) is 3. The van der Waals surface area contributed by atoms with Crippen LogP contribution < -0.4 is 9.47 Å². The van der Waals surface area contributed by atoms with Crippen LogP contribution in [0.1, 0.15) is 32.7 Å². The predicted octanol–water partition coefficient (Wildman–Crippen LogP) is 1.96. The molecule has 2 aliphatic heterocycles. The summed E-state index contributed by atoms with van der Waals surface area (Å²) in [5, 5.41) is 20.7. The van der Waals surface area contributed by atoms with Crippen molar-refractivity contribution in [2.75, 3.05) is 40.0 Å². The Balaban J connectivity index is 1.42. The summed E-state index contributed by atoms with van der Waals surface area (Å²) >= 11 is 0. The smallest absolute Gasteiger partial charge is 0.313 e. The number of benzene rings is 2. The van der Waals surface area contributed by atoms with E-state index in [1.807, 2.05) is 6.07 Å². The lowest BCUT2D eigenvalue weighted by Gasteiger charge is -2.26. The molecule has 200 valence electrons. The third-order valence-electron chi connectivity index (χ3n) is 6.08. The number of rotatable bonds is 8. The Hall–Kier alpha value is -5.09. The molecule has 2 aromatic rings. The molecule has 0 unspecified atom stereocenters. The molecule has 0 N–H and O–H groups in total. The molecule has 13 heteroatoms. The summed E-state index contributed by atoms with van der Waals surface area (Å²) in [4.78, 5) is 63.2. The number of nitro groups is 1. The maximum absolute atomic E-state index is 12.7. The van der Waals surface area contributed by atoms with Gasteiger partial charge in [-0.1, -0.05) is 12.1 Å². The number of hydrogen-bond acceptors (Lipinski definition) is 10. The summed E-state index contributed by atoms with van der Waals surface area (Å²) in [5.74, 6) is -2.62. The Morgan fingerprint density at radius 2 is 1.90 bits per heavy atom. The van der Waals surface area contributed by atoms with Crippen molar-refractivity contribution in [3.8, 4) is 17.6 Å². The third-order valence-corrected chi connectivity index (χ3v) is 6.08. The predicted molar refractivity (Wildman–Crippen MR) is 133 cm³/mol. The van der Waals surface area contributed by atoms with Crippen molar-refractivity contribution in [2.45, 2.75) is 6.42 Å². The average Bonchev–Trinajstić information content (AvgIpc) is 3.20. The molecule has 39 heavy (non-hydrogen) atoms. The molecule has 2 heterocycles. The highest BCUT2D eigenvalue weighted by molar-refractivity contribution is 6.23. The maximum atomic E-state index is 12.7. The van der Waals surface area contributed by atoms with E-state index in [1.54, 1.807) is 0 Å². The number of nitro benzene ring substituents is 1. The van der Waals surface area contributed by atoms with Crippen molar-refractivity contribution >= 4 is 35.5 Å². The van der Waals surface area contributed by atoms with Gasteiger partial charge < -0.3 is 19.1 Å². The van der Waals surface area contributed by atoms with Crippen molar-refractivity contribution in [2.24, 2.45) is 0 Å². The number of amides is 3. The topological polar surface area (TPSA) is 169 Å². The third kappa shape index (κ3) is 5.60. The van der Waals surface area contributed by atoms with E-state index in [9.17, 15) is 34.6 Å². The van der Waals surface area contributed by atoms with Gasteiger partial charge in [0.1, 0.15) is 17.2 Å². The normalized spacial score (nSPS) is 15.0. The number of hydrogen-bond donors (Lipinski definition) is 0. The Morgan fingerprint density at radius 3 is 2.56 bits per heavy atom. The lowest BCUT2D eigenvalue weighted by molar-refractivity contribution is -0.385. The molecule has 1 fully saturated rings. The van der Waals surface area contributed by atoms with Gasteiger partial charge in [0.15, 0.2) is 11.5 Å². The van der Waals surface area contributed by atoms with Crippen molar-refractivity contribution in [1.29, 1.82) is 5.26 Å². The molecule has 0 aliphatic carbocycles. The molecular weight excluding hydrogens is 512 g/mol. The molecule has 0 bridgehead atoms. The van der Waals surface area contributed by atoms with Crippen LogP contribution in [0.2, 0.25) is 0 Å².